The molecule has 1 N–H and O–H groups in total. The van der Waals surface area contributed by atoms with Crippen molar-refractivity contribution in [2.45, 2.75) is 25.8 Å². The molecule has 0 spiro atoms. The summed E-state index contributed by atoms with van der Waals surface area (Å²) < 4.78 is 0. The molecule has 0 bridgehead atoms. The predicted molar refractivity (Wildman–Crippen MR) is 81.0 cm³/mol. The Labute approximate surface area is 120 Å². The maximum Gasteiger partial charge on any atom is 0.241 e. The molecule has 0 unspecified atom stereocenters. The fourth-order valence-corrected chi connectivity index (χ4v) is 3.08. The predicted octanol–water partition coefficient (Wildman–Crippen LogP) is 1.26. The molecule has 0 radical (unpaired) electrons. The van der Waals surface area contributed by atoms with E-state index in [0.717, 1.165) is 44.7 Å². The number of amides is 1. The number of carbonyl (C=O) groups is 1. The van der Waals surface area contributed by atoms with E-state index in [1.165, 1.54) is 5.56 Å². The molecule has 1 aromatic rings. The van der Waals surface area contributed by atoms with Crippen LogP contribution in [0.15, 0.2) is 24.3 Å². The van der Waals surface area contributed by atoms with Gasteiger partial charge in [-0.1, -0.05) is 25.1 Å². The van der Waals surface area contributed by atoms with Crippen molar-refractivity contribution in [1.29, 1.82) is 0 Å². The van der Waals surface area contributed by atoms with Gasteiger partial charge in [-0.15, -0.1) is 0 Å². The van der Waals surface area contributed by atoms with E-state index in [2.05, 4.69) is 35.3 Å². The lowest BCUT2D eigenvalue weighted by Crippen LogP contribution is -2.59. The number of fused-ring (bicyclic) bond motifs is 1. The summed E-state index contributed by atoms with van der Waals surface area (Å²) in [6, 6.07) is 8.84. The highest BCUT2D eigenvalue weighted by Crippen LogP contribution is 2.26. The van der Waals surface area contributed by atoms with Gasteiger partial charge in [-0.3, -0.25) is 9.69 Å². The summed E-state index contributed by atoms with van der Waals surface area (Å²) in [7, 11) is 0. The van der Waals surface area contributed by atoms with Crippen molar-refractivity contribution in [2.75, 3.05) is 37.6 Å². The molecule has 0 atom stereocenters. The Hall–Kier alpha value is -1.39. The zero-order chi connectivity index (χ0) is 13.9. The van der Waals surface area contributed by atoms with E-state index < -0.39 is 0 Å². The quantitative estimate of drug-likeness (QED) is 0.897. The molecule has 3 rings (SSSR count). The second kappa shape index (κ2) is 5.94. The SMILES string of the molecule is CCN(CC(=O)N1CCCc2ccccc21)C1CNC1. The molecule has 4 heteroatoms. The van der Waals surface area contributed by atoms with E-state index in [9.17, 15) is 4.79 Å². The number of likely N-dealkylation sites (N-methyl/N-ethyl adjacent to an activating group) is 1. The van der Waals surface area contributed by atoms with Crippen molar-refractivity contribution >= 4 is 11.6 Å². The van der Waals surface area contributed by atoms with Crippen LogP contribution in [0.25, 0.3) is 0 Å². The molecule has 4 nitrogen and oxygen atoms in total. The van der Waals surface area contributed by atoms with Gasteiger partial charge in [-0.2, -0.15) is 0 Å². The average Bonchev–Trinajstić information content (AvgIpc) is 2.43. The Morgan fingerprint density at radius 2 is 2.20 bits per heavy atom. The summed E-state index contributed by atoms with van der Waals surface area (Å²) in [6.07, 6.45) is 2.16. The van der Waals surface area contributed by atoms with Crippen LogP contribution in [0.5, 0.6) is 0 Å². The van der Waals surface area contributed by atoms with E-state index in [1.54, 1.807) is 0 Å². The van der Waals surface area contributed by atoms with Crippen molar-refractivity contribution in [3.8, 4) is 0 Å². The van der Waals surface area contributed by atoms with Gasteiger partial charge in [-0.25, -0.2) is 0 Å². The van der Waals surface area contributed by atoms with Crippen LogP contribution >= 0.6 is 0 Å². The van der Waals surface area contributed by atoms with Crippen LogP contribution in [-0.4, -0.2) is 49.6 Å². The van der Waals surface area contributed by atoms with Crippen molar-refractivity contribution in [1.82, 2.24) is 10.2 Å². The molecule has 1 fully saturated rings. The molecule has 2 aliphatic rings. The number of benzene rings is 1. The minimum absolute atomic E-state index is 0.242. The van der Waals surface area contributed by atoms with Crippen molar-refractivity contribution < 1.29 is 4.79 Å². The Morgan fingerprint density at radius 3 is 2.90 bits per heavy atom. The fraction of sp³-hybridized carbons (Fsp3) is 0.562. The molecule has 20 heavy (non-hydrogen) atoms. The molecule has 0 aliphatic carbocycles. The van der Waals surface area contributed by atoms with Crippen molar-refractivity contribution in [3.63, 3.8) is 0 Å². The van der Waals surface area contributed by atoms with Crippen LogP contribution in [0.4, 0.5) is 5.69 Å². The number of nitrogens with zero attached hydrogens (tertiary/aromatic N) is 2. The number of hydrogen-bond acceptors (Lipinski definition) is 3. The minimum Gasteiger partial charge on any atom is -0.314 e. The third kappa shape index (κ3) is 2.58. The maximum atomic E-state index is 12.6. The lowest BCUT2D eigenvalue weighted by molar-refractivity contribution is -0.120. The molecular weight excluding hydrogens is 250 g/mol. The Kier molecular flexibility index (Phi) is 4.03. The highest BCUT2D eigenvalue weighted by Gasteiger charge is 2.28. The third-order valence-corrected chi connectivity index (χ3v) is 4.43. The van der Waals surface area contributed by atoms with Crippen LogP contribution in [-0.2, 0) is 11.2 Å². The van der Waals surface area contributed by atoms with Crippen LogP contribution in [0.1, 0.15) is 18.9 Å². The smallest absolute Gasteiger partial charge is 0.241 e. The highest BCUT2D eigenvalue weighted by atomic mass is 16.2. The largest absolute Gasteiger partial charge is 0.314 e. The minimum atomic E-state index is 0.242. The molecule has 1 saturated heterocycles. The second-order valence-electron chi connectivity index (χ2n) is 5.65. The number of carbonyl (C=O) groups excluding carboxylic acids is 1. The van der Waals surface area contributed by atoms with Gasteiger partial charge in [0.25, 0.3) is 0 Å². The molecule has 2 heterocycles. The standard InChI is InChI=1S/C16H23N3O/c1-2-18(14-10-17-11-14)12-16(20)19-9-5-7-13-6-3-4-8-15(13)19/h3-4,6,8,14,17H,2,5,7,9-12H2,1H3. The maximum absolute atomic E-state index is 12.6. The van der Waals surface area contributed by atoms with Gasteiger partial charge in [-0.05, 0) is 31.0 Å². The number of nitrogens with one attached hydrogen (secondary N) is 1. The molecule has 0 saturated carbocycles. The van der Waals surface area contributed by atoms with Gasteiger partial charge in [0, 0.05) is 31.4 Å². The van der Waals surface area contributed by atoms with E-state index >= 15 is 0 Å². The Balaban J connectivity index is 1.71. The van der Waals surface area contributed by atoms with Gasteiger partial charge < -0.3 is 10.2 Å². The Morgan fingerprint density at radius 1 is 1.40 bits per heavy atom. The zero-order valence-corrected chi connectivity index (χ0v) is 12.1. The lowest BCUT2D eigenvalue weighted by atomic mass is 10.0. The number of anilines is 1. The van der Waals surface area contributed by atoms with Gasteiger partial charge in [0.05, 0.1) is 6.54 Å². The number of hydrogen-bond donors (Lipinski definition) is 1. The summed E-state index contributed by atoms with van der Waals surface area (Å²) in [5.41, 5.74) is 2.42. The highest BCUT2D eigenvalue weighted by molar-refractivity contribution is 5.96. The van der Waals surface area contributed by atoms with Crippen molar-refractivity contribution in [2.24, 2.45) is 0 Å². The summed E-state index contributed by atoms with van der Waals surface area (Å²) in [6.45, 7) is 6.49. The monoisotopic (exact) mass is 273 g/mol. The first kappa shape index (κ1) is 13.6. The Bertz CT molecular complexity index is 484. The zero-order valence-electron chi connectivity index (χ0n) is 12.1. The van der Waals surface area contributed by atoms with Gasteiger partial charge >= 0.3 is 0 Å². The van der Waals surface area contributed by atoms with Gasteiger partial charge in [0.2, 0.25) is 5.91 Å². The average molecular weight is 273 g/mol. The van der Waals surface area contributed by atoms with E-state index in [1.807, 2.05) is 11.0 Å². The first-order chi connectivity index (χ1) is 9.79. The van der Waals surface area contributed by atoms with Crippen LogP contribution < -0.4 is 10.2 Å². The summed E-state index contributed by atoms with van der Waals surface area (Å²) >= 11 is 0. The first-order valence-electron chi connectivity index (χ1n) is 7.62. The normalized spacial score (nSPS) is 18.8. The van der Waals surface area contributed by atoms with E-state index in [4.69, 9.17) is 0 Å². The van der Waals surface area contributed by atoms with E-state index in [-0.39, 0.29) is 5.91 Å². The summed E-state index contributed by atoms with van der Waals surface area (Å²) in [4.78, 5) is 16.9. The van der Waals surface area contributed by atoms with Gasteiger partial charge in [0.1, 0.15) is 0 Å². The summed E-state index contributed by atoms with van der Waals surface area (Å²) in [5, 5.41) is 3.28. The molecule has 108 valence electrons. The third-order valence-electron chi connectivity index (χ3n) is 4.43. The molecule has 2 aliphatic heterocycles. The molecule has 1 aromatic carbocycles. The lowest BCUT2D eigenvalue weighted by Gasteiger charge is -2.39. The molecular formula is C16H23N3O. The summed E-state index contributed by atoms with van der Waals surface area (Å²) in [5.74, 6) is 0.242. The van der Waals surface area contributed by atoms with Crippen LogP contribution in [0, 0.1) is 0 Å². The van der Waals surface area contributed by atoms with Gasteiger partial charge in [0.15, 0.2) is 0 Å². The topological polar surface area (TPSA) is 35.6 Å². The fourth-order valence-electron chi connectivity index (χ4n) is 3.08. The van der Waals surface area contributed by atoms with Crippen LogP contribution in [0.2, 0.25) is 0 Å². The van der Waals surface area contributed by atoms with E-state index in [0.29, 0.717) is 12.6 Å². The number of aryl methyl sites for hydroxylation is 1. The van der Waals surface area contributed by atoms with Crippen molar-refractivity contribution in [3.05, 3.63) is 29.8 Å². The first-order valence-corrected chi connectivity index (χ1v) is 7.62. The molecule has 1 amide bonds. The van der Waals surface area contributed by atoms with Crippen LogP contribution in [0.3, 0.4) is 0 Å². The number of rotatable bonds is 4. The number of para-hydroxylation sites is 1. The second-order valence-corrected chi connectivity index (χ2v) is 5.65. The molecule has 0 aromatic heterocycles.